The molecule has 0 aliphatic carbocycles. The molecule has 28 heavy (non-hydrogen) atoms. The van der Waals surface area contributed by atoms with Crippen molar-refractivity contribution in [1.82, 2.24) is 5.32 Å². The summed E-state index contributed by atoms with van der Waals surface area (Å²) in [5.74, 6) is -1.24. The van der Waals surface area contributed by atoms with E-state index in [4.69, 9.17) is 0 Å². The molecule has 1 amide bonds. The van der Waals surface area contributed by atoms with Crippen molar-refractivity contribution >= 4 is 21.6 Å². The first kappa shape index (κ1) is 19.5. The predicted octanol–water partition coefficient (Wildman–Crippen LogP) is 3.70. The molecule has 0 aliphatic heterocycles. The Labute approximate surface area is 161 Å². The lowest BCUT2D eigenvalue weighted by atomic mass is 10.2. The summed E-state index contributed by atoms with van der Waals surface area (Å²) in [4.78, 5) is 12.1. The summed E-state index contributed by atoms with van der Waals surface area (Å²) in [6.45, 7) is 0.234. The lowest BCUT2D eigenvalue weighted by molar-refractivity contribution is 0.0951. The van der Waals surface area contributed by atoms with Gasteiger partial charge in [-0.15, -0.1) is 0 Å². The van der Waals surface area contributed by atoms with Gasteiger partial charge in [0.25, 0.3) is 15.9 Å². The second-order valence-electron chi connectivity index (χ2n) is 5.95. The topological polar surface area (TPSA) is 75.3 Å². The third-order valence-electron chi connectivity index (χ3n) is 3.89. The lowest BCUT2D eigenvalue weighted by Crippen LogP contribution is -2.22. The summed E-state index contributed by atoms with van der Waals surface area (Å²) >= 11 is 0. The van der Waals surface area contributed by atoms with Gasteiger partial charge in [0.05, 0.1) is 4.90 Å². The van der Waals surface area contributed by atoms with E-state index in [9.17, 15) is 22.0 Å². The van der Waals surface area contributed by atoms with E-state index in [2.05, 4.69) is 10.0 Å². The molecule has 8 heteroatoms. The average Bonchev–Trinajstić information content (AvgIpc) is 2.68. The van der Waals surface area contributed by atoms with E-state index in [0.717, 1.165) is 29.8 Å². The Kier molecular flexibility index (Phi) is 5.70. The van der Waals surface area contributed by atoms with Gasteiger partial charge >= 0.3 is 0 Å². The average molecular weight is 402 g/mol. The van der Waals surface area contributed by atoms with Gasteiger partial charge in [-0.25, -0.2) is 17.2 Å². The van der Waals surface area contributed by atoms with Gasteiger partial charge in [0.2, 0.25) is 0 Å². The number of amides is 1. The van der Waals surface area contributed by atoms with Gasteiger partial charge in [0.15, 0.2) is 0 Å². The van der Waals surface area contributed by atoms with E-state index >= 15 is 0 Å². The Balaban J connectivity index is 1.63. The Bertz CT molecular complexity index is 1070. The highest BCUT2D eigenvalue weighted by molar-refractivity contribution is 7.92. The summed E-state index contributed by atoms with van der Waals surface area (Å²) in [6.07, 6.45) is 0. The number of hydrogen-bond acceptors (Lipinski definition) is 3. The normalized spacial score (nSPS) is 11.1. The van der Waals surface area contributed by atoms with Crippen molar-refractivity contribution in [1.29, 1.82) is 0 Å². The minimum Gasteiger partial charge on any atom is -0.348 e. The van der Waals surface area contributed by atoms with Crippen LogP contribution in [0.2, 0.25) is 0 Å². The maximum atomic E-state index is 12.9. The number of carbonyl (C=O) groups is 1. The standard InChI is InChI=1S/C20H16F2N2O3S/c21-16-5-1-14(2-6-16)13-23-20(25)15-3-9-18(10-4-15)24-28(26,27)19-11-7-17(22)8-12-19/h1-12,24H,13H2,(H,23,25). The van der Waals surface area contributed by atoms with Gasteiger partial charge in [0, 0.05) is 17.8 Å². The number of benzene rings is 3. The van der Waals surface area contributed by atoms with Gasteiger partial charge in [-0.2, -0.15) is 0 Å². The van der Waals surface area contributed by atoms with Crippen molar-refractivity contribution in [3.8, 4) is 0 Å². The molecular formula is C20H16F2N2O3S. The third kappa shape index (κ3) is 4.92. The highest BCUT2D eigenvalue weighted by Crippen LogP contribution is 2.17. The number of halogens is 2. The first-order chi connectivity index (χ1) is 13.3. The van der Waals surface area contributed by atoms with Crippen molar-refractivity contribution in [3.05, 3.63) is 95.6 Å². The minimum atomic E-state index is -3.86. The molecule has 3 aromatic carbocycles. The van der Waals surface area contributed by atoms with Crippen LogP contribution in [-0.4, -0.2) is 14.3 Å². The van der Waals surface area contributed by atoms with E-state index in [1.807, 2.05) is 0 Å². The predicted molar refractivity (Wildman–Crippen MR) is 101 cm³/mol. The molecule has 144 valence electrons. The molecule has 3 rings (SSSR count). The van der Waals surface area contributed by atoms with Crippen molar-refractivity contribution in [3.63, 3.8) is 0 Å². The molecule has 2 N–H and O–H groups in total. The molecule has 0 saturated carbocycles. The van der Waals surface area contributed by atoms with Crippen LogP contribution in [0.3, 0.4) is 0 Å². The SMILES string of the molecule is O=C(NCc1ccc(F)cc1)c1ccc(NS(=O)(=O)c2ccc(F)cc2)cc1. The van der Waals surface area contributed by atoms with Crippen LogP contribution in [0.1, 0.15) is 15.9 Å². The fraction of sp³-hybridized carbons (Fsp3) is 0.0500. The highest BCUT2D eigenvalue weighted by Gasteiger charge is 2.14. The molecule has 0 bridgehead atoms. The fourth-order valence-corrected chi connectivity index (χ4v) is 3.46. The molecule has 0 radical (unpaired) electrons. The number of nitrogens with one attached hydrogen (secondary N) is 2. The summed E-state index contributed by atoms with van der Waals surface area (Å²) in [5.41, 5.74) is 1.35. The van der Waals surface area contributed by atoms with Crippen LogP contribution in [-0.2, 0) is 16.6 Å². The maximum absolute atomic E-state index is 12.9. The second-order valence-corrected chi connectivity index (χ2v) is 7.63. The number of sulfonamides is 1. The van der Waals surface area contributed by atoms with Gasteiger partial charge < -0.3 is 5.32 Å². The zero-order valence-electron chi connectivity index (χ0n) is 14.5. The molecule has 0 atom stereocenters. The summed E-state index contributed by atoms with van der Waals surface area (Å²) in [5, 5.41) is 2.70. The van der Waals surface area contributed by atoms with Crippen LogP contribution in [0.4, 0.5) is 14.5 Å². The van der Waals surface area contributed by atoms with Crippen LogP contribution in [0.15, 0.2) is 77.7 Å². The zero-order valence-corrected chi connectivity index (χ0v) is 15.3. The quantitative estimate of drug-likeness (QED) is 0.660. The minimum absolute atomic E-state index is 0.0741. The fourth-order valence-electron chi connectivity index (χ4n) is 2.40. The molecule has 0 aromatic heterocycles. The van der Waals surface area contributed by atoms with Gasteiger partial charge in [-0.3, -0.25) is 9.52 Å². The van der Waals surface area contributed by atoms with E-state index in [0.29, 0.717) is 5.56 Å². The lowest BCUT2D eigenvalue weighted by Gasteiger charge is -2.09. The first-order valence-corrected chi connectivity index (χ1v) is 9.73. The van der Waals surface area contributed by atoms with Crippen molar-refractivity contribution in [2.45, 2.75) is 11.4 Å². The number of hydrogen-bond donors (Lipinski definition) is 2. The van der Waals surface area contributed by atoms with Crippen LogP contribution in [0, 0.1) is 11.6 Å². The molecule has 3 aromatic rings. The van der Waals surface area contributed by atoms with Crippen molar-refractivity contribution in [2.75, 3.05) is 4.72 Å². The van der Waals surface area contributed by atoms with E-state index in [1.165, 1.54) is 36.4 Å². The van der Waals surface area contributed by atoms with Crippen molar-refractivity contribution < 1.29 is 22.0 Å². The van der Waals surface area contributed by atoms with Crippen LogP contribution in [0.5, 0.6) is 0 Å². The summed E-state index contributed by atoms with van der Waals surface area (Å²) in [7, 11) is -3.86. The number of anilines is 1. The molecule has 0 fully saturated rings. The summed E-state index contributed by atoms with van der Waals surface area (Å²) < 4.78 is 52.7. The zero-order chi connectivity index (χ0) is 20.1. The van der Waals surface area contributed by atoms with Gasteiger partial charge in [0.1, 0.15) is 11.6 Å². The Morgan fingerprint density at radius 1 is 0.786 bits per heavy atom. The first-order valence-electron chi connectivity index (χ1n) is 8.24. The van der Waals surface area contributed by atoms with Gasteiger partial charge in [-0.1, -0.05) is 12.1 Å². The smallest absolute Gasteiger partial charge is 0.261 e. The highest BCUT2D eigenvalue weighted by atomic mass is 32.2. The second kappa shape index (κ2) is 8.18. The molecular weight excluding hydrogens is 386 g/mol. The number of carbonyl (C=O) groups excluding carboxylic acids is 1. The van der Waals surface area contributed by atoms with Crippen LogP contribution >= 0.6 is 0 Å². The van der Waals surface area contributed by atoms with Crippen molar-refractivity contribution in [2.24, 2.45) is 0 Å². The molecule has 5 nitrogen and oxygen atoms in total. The number of rotatable bonds is 6. The molecule has 0 spiro atoms. The van der Waals surface area contributed by atoms with E-state index in [-0.39, 0.29) is 28.9 Å². The van der Waals surface area contributed by atoms with Crippen LogP contribution in [0.25, 0.3) is 0 Å². The maximum Gasteiger partial charge on any atom is 0.261 e. The molecule has 0 saturated heterocycles. The van der Waals surface area contributed by atoms with Gasteiger partial charge in [-0.05, 0) is 66.2 Å². The molecule has 0 heterocycles. The largest absolute Gasteiger partial charge is 0.348 e. The third-order valence-corrected chi connectivity index (χ3v) is 5.29. The van der Waals surface area contributed by atoms with E-state index in [1.54, 1.807) is 12.1 Å². The summed E-state index contributed by atoms with van der Waals surface area (Å²) in [6, 6.07) is 16.1. The Morgan fingerprint density at radius 2 is 1.32 bits per heavy atom. The van der Waals surface area contributed by atoms with Crippen LogP contribution < -0.4 is 10.0 Å². The molecule has 0 aliphatic rings. The molecule has 0 unspecified atom stereocenters. The Hall–Kier alpha value is -3.26. The Morgan fingerprint density at radius 3 is 1.89 bits per heavy atom. The van der Waals surface area contributed by atoms with E-state index < -0.39 is 15.8 Å². The monoisotopic (exact) mass is 402 g/mol.